The van der Waals surface area contributed by atoms with Gasteiger partial charge in [0.15, 0.2) is 8.32 Å². The maximum Gasteiger partial charge on any atom is 0.192 e. The van der Waals surface area contributed by atoms with Crippen LogP contribution in [-0.2, 0) is 56.5 Å². The van der Waals surface area contributed by atoms with Gasteiger partial charge in [-0.15, -0.1) is 0 Å². The van der Waals surface area contributed by atoms with E-state index in [1.807, 2.05) is 0 Å². The van der Waals surface area contributed by atoms with Gasteiger partial charge in [-0.2, -0.15) is 0 Å². The first-order chi connectivity index (χ1) is 23.3. The fourth-order valence-corrected chi connectivity index (χ4v) is 5.09. The number of rotatable bonds is 40. The molecule has 290 valence electrons. The Morgan fingerprint density at radius 2 is 0.562 bits per heavy atom. The first-order valence-corrected chi connectivity index (χ1v) is 22.3. The second-order valence-electron chi connectivity index (χ2n) is 12.4. The van der Waals surface area contributed by atoms with Crippen molar-refractivity contribution in [3.63, 3.8) is 0 Å². The van der Waals surface area contributed by atoms with Crippen molar-refractivity contribution in [2.45, 2.75) is 64.6 Å². The highest BCUT2D eigenvalue weighted by molar-refractivity contribution is 14.1. The molecule has 0 aromatic rings. The van der Waals surface area contributed by atoms with Gasteiger partial charge < -0.3 is 56.5 Å². The molecule has 0 amide bonds. The zero-order valence-corrected chi connectivity index (χ0v) is 34.2. The lowest BCUT2D eigenvalue weighted by Crippen LogP contribution is -2.41. The average molecular weight is 827 g/mol. The van der Waals surface area contributed by atoms with Crippen molar-refractivity contribution in [1.29, 1.82) is 0 Å². The smallest absolute Gasteiger partial charge is 0.192 e. The van der Waals surface area contributed by atoms with E-state index >= 15 is 0 Å². The summed E-state index contributed by atoms with van der Waals surface area (Å²) >= 11 is 2.42. The molecule has 48 heavy (non-hydrogen) atoms. The highest BCUT2D eigenvalue weighted by atomic mass is 127. The molecular weight excluding hydrogens is 755 g/mol. The standard InChI is InChI=1S/C34H71IO12Si/c1-34(2,3)48(4,5)47-33-32-46-31-30-45-29-28-44-27-26-43-25-24-42-23-22-41-21-20-40-19-18-39-17-16-38-15-14-37-13-12-36-11-9-7-6-8-10-35/h6-33H2,1-5H3. The van der Waals surface area contributed by atoms with E-state index in [0.717, 1.165) is 13.0 Å². The van der Waals surface area contributed by atoms with Crippen LogP contribution in [0.5, 0.6) is 0 Å². The van der Waals surface area contributed by atoms with Crippen molar-refractivity contribution >= 4 is 30.9 Å². The van der Waals surface area contributed by atoms with Gasteiger partial charge in [0, 0.05) is 6.61 Å². The summed E-state index contributed by atoms with van der Waals surface area (Å²) in [4.78, 5) is 0. The quantitative estimate of drug-likeness (QED) is 0.0352. The van der Waals surface area contributed by atoms with E-state index < -0.39 is 8.32 Å². The summed E-state index contributed by atoms with van der Waals surface area (Å²) in [6, 6.07) is 0. The minimum Gasteiger partial charge on any atom is -0.414 e. The Hall–Kier alpha value is 0.467. The van der Waals surface area contributed by atoms with Gasteiger partial charge in [-0.05, 0) is 35.4 Å². The maximum atomic E-state index is 6.08. The maximum absolute atomic E-state index is 6.08. The number of hydrogen-bond donors (Lipinski definition) is 0. The van der Waals surface area contributed by atoms with Gasteiger partial charge in [0.1, 0.15) is 0 Å². The normalized spacial score (nSPS) is 12.4. The molecule has 0 aliphatic heterocycles. The molecule has 0 aromatic carbocycles. The number of ether oxygens (including phenoxy) is 11. The molecule has 0 N–H and O–H groups in total. The molecule has 0 fully saturated rings. The van der Waals surface area contributed by atoms with Crippen LogP contribution in [0.4, 0.5) is 0 Å². The van der Waals surface area contributed by atoms with Crippen LogP contribution in [0.15, 0.2) is 0 Å². The van der Waals surface area contributed by atoms with Crippen LogP contribution in [0, 0.1) is 0 Å². The second-order valence-corrected chi connectivity index (χ2v) is 18.3. The van der Waals surface area contributed by atoms with E-state index in [4.69, 9.17) is 56.5 Å². The van der Waals surface area contributed by atoms with Gasteiger partial charge >= 0.3 is 0 Å². The summed E-state index contributed by atoms with van der Waals surface area (Å²) in [5.74, 6) is 0. The minimum atomic E-state index is -1.70. The van der Waals surface area contributed by atoms with Crippen LogP contribution in [0.3, 0.4) is 0 Å². The summed E-state index contributed by atoms with van der Waals surface area (Å²) in [7, 11) is -1.70. The lowest BCUT2D eigenvalue weighted by atomic mass is 10.2. The van der Waals surface area contributed by atoms with E-state index in [0.29, 0.717) is 145 Å². The van der Waals surface area contributed by atoms with E-state index in [1.54, 1.807) is 0 Å². The van der Waals surface area contributed by atoms with Gasteiger partial charge in [-0.3, -0.25) is 0 Å². The van der Waals surface area contributed by atoms with Crippen molar-refractivity contribution in [2.24, 2.45) is 0 Å². The zero-order valence-electron chi connectivity index (χ0n) is 31.1. The molecule has 0 aromatic heterocycles. The molecule has 0 rings (SSSR count). The predicted octanol–water partition coefficient (Wildman–Crippen LogP) is 5.19. The molecule has 0 bridgehead atoms. The fraction of sp³-hybridized carbons (Fsp3) is 1.00. The molecule has 0 aliphatic rings. The highest BCUT2D eigenvalue weighted by Gasteiger charge is 2.36. The molecule has 0 aliphatic carbocycles. The largest absolute Gasteiger partial charge is 0.414 e. The Labute approximate surface area is 307 Å². The molecular formula is C34H71IO12Si. The Morgan fingerprint density at radius 3 is 0.812 bits per heavy atom. The van der Waals surface area contributed by atoms with Gasteiger partial charge in [0.2, 0.25) is 0 Å². The summed E-state index contributed by atoms with van der Waals surface area (Å²) in [6.07, 6.45) is 4.98. The van der Waals surface area contributed by atoms with Crippen LogP contribution in [0.2, 0.25) is 18.1 Å². The lowest BCUT2D eigenvalue weighted by molar-refractivity contribution is -0.0278. The molecule has 0 unspecified atom stereocenters. The second kappa shape index (κ2) is 37.2. The number of alkyl halides is 1. The Morgan fingerprint density at radius 1 is 0.333 bits per heavy atom. The monoisotopic (exact) mass is 826 g/mol. The number of halogens is 1. The summed E-state index contributed by atoms with van der Waals surface area (Å²) in [5, 5.41) is 0.219. The highest BCUT2D eigenvalue weighted by Crippen LogP contribution is 2.36. The molecule has 0 saturated carbocycles. The van der Waals surface area contributed by atoms with Gasteiger partial charge in [0.05, 0.1) is 145 Å². The van der Waals surface area contributed by atoms with Crippen molar-refractivity contribution in [1.82, 2.24) is 0 Å². The van der Waals surface area contributed by atoms with Crippen molar-refractivity contribution in [3.05, 3.63) is 0 Å². The SMILES string of the molecule is CC(C)(C)[Si](C)(C)OCCOCCOCCOCCOCCOCCOCCOCCOCCOCCOCCOCCCCCCI. The average Bonchev–Trinajstić information content (AvgIpc) is 3.05. The van der Waals surface area contributed by atoms with E-state index in [9.17, 15) is 0 Å². The predicted molar refractivity (Wildman–Crippen MR) is 200 cm³/mol. The number of hydrogen-bond acceptors (Lipinski definition) is 12. The third kappa shape index (κ3) is 36.3. The third-order valence-corrected chi connectivity index (χ3v) is 12.7. The van der Waals surface area contributed by atoms with Crippen LogP contribution < -0.4 is 0 Å². The van der Waals surface area contributed by atoms with E-state index in [2.05, 4.69) is 56.5 Å². The Kier molecular flexibility index (Phi) is 37.6. The summed E-state index contributed by atoms with van der Waals surface area (Å²) in [6.45, 7) is 24.1. The summed E-state index contributed by atoms with van der Waals surface area (Å²) < 4.78 is 68.0. The molecule has 0 heterocycles. The van der Waals surface area contributed by atoms with Gasteiger partial charge in [-0.25, -0.2) is 0 Å². The minimum absolute atomic E-state index is 0.219. The first kappa shape index (κ1) is 48.5. The molecule has 14 heteroatoms. The Bertz CT molecular complexity index is 631. The van der Waals surface area contributed by atoms with E-state index in [-0.39, 0.29) is 5.04 Å². The lowest BCUT2D eigenvalue weighted by Gasteiger charge is -2.36. The number of unbranched alkanes of at least 4 members (excludes halogenated alkanes) is 3. The van der Waals surface area contributed by atoms with Crippen LogP contribution >= 0.6 is 22.6 Å². The molecule has 0 spiro atoms. The van der Waals surface area contributed by atoms with Crippen LogP contribution in [0.25, 0.3) is 0 Å². The Balaban J connectivity index is 3.11. The fourth-order valence-electron chi connectivity index (χ4n) is 3.53. The molecule has 0 radical (unpaired) electrons. The topological polar surface area (TPSA) is 111 Å². The van der Waals surface area contributed by atoms with Crippen LogP contribution in [0.1, 0.15) is 46.5 Å². The van der Waals surface area contributed by atoms with Crippen molar-refractivity contribution in [2.75, 3.05) is 156 Å². The van der Waals surface area contributed by atoms with Crippen molar-refractivity contribution < 1.29 is 56.5 Å². The van der Waals surface area contributed by atoms with E-state index in [1.165, 1.54) is 23.7 Å². The summed E-state index contributed by atoms with van der Waals surface area (Å²) in [5.41, 5.74) is 0. The molecule has 0 atom stereocenters. The van der Waals surface area contributed by atoms with Gasteiger partial charge in [-0.1, -0.05) is 56.2 Å². The van der Waals surface area contributed by atoms with Crippen LogP contribution in [-0.4, -0.2) is 165 Å². The van der Waals surface area contributed by atoms with Gasteiger partial charge in [0.25, 0.3) is 0 Å². The third-order valence-electron chi connectivity index (χ3n) is 7.39. The van der Waals surface area contributed by atoms with Crippen molar-refractivity contribution in [3.8, 4) is 0 Å². The molecule has 12 nitrogen and oxygen atoms in total. The first-order valence-electron chi connectivity index (χ1n) is 17.9. The molecule has 0 saturated heterocycles. The zero-order chi connectivity index (χ0) is 35.3.